The van der Waals surface area contributed by atoms with Crippen molar-refractivity contribution >= 4 is 21.4 Å². The second kappa shape index (κ2) is 4.09. The third kappa shape index (κ3) is 2.68. The number of nitriles is 1. The molecule has 1 heterocycles. The molecule has 1 aliphatic carbocycles. The van der Waals surface area contributed by atoms with Crippen LogP contribution < -0.4 is 4.72 Å². The van der Waals surface area contributed by atoms with Crippen molar-refractivity contribution in [1.82, 2.24) is 4.72 Å². The van der Waals surface area contributed by atoms with Crippen LogP contribution in [-0.4, -0.2) is 14.0 Å². The zero-order chi connectivity index (χ0) is 12.7. The van der Waals surface area contributed by atoms with E-state index in [2.05, 4.69) is 4.72 Å². The standard InChI is InChI=1S/C11H14N2O2S2/c1-11(2,8-3-4-8)13-17(14,15)10-6-5-9(7-12)16-10/h5-6,8,13H,3-4H2,1-2H3. The minimum atomic E-state index is -3.49. The summed E-state index contributed by atoms with van der Waals surface area (Å²) in [5, 5.41) is 8.69. The van der Waals surface area contributed by atoms with Crippen LogP contribution in [0, 0.1) is 17.2 Å². The van der Waals surface area contributed by atoms with Gasteiger partial charge in [-0.3, -0.25) is 0 Å². The van der Waals surface area contributed by atoms with E-state index in [1.54, 1.807) is 0 Å². The lowest BCUT2D eigenvalue weighted by Gasteiger charge is -2.25. The van der Waals surface area contributed by atoms with Crippen LogP contribution in [0.25, 0.3) is 0 Å². The van der Waals surface area contributed by atoms with Gasteiger partial charge in [-0.15, -0.1) is 11.3 Å². The van der Waals surface area contributed by atoms with E-state index in [1.165, 1.54) is 12.1 Å². The molecular weight excluding hydrogens is 256 g/mol. The Bertz CT molecular complexity index is 563. The summed E-state index contributed by atoms with van der Waals surface area (Å²) in [5.74, 6) is 0.424. The smallest absolute Gasteiger partial charge is 0.206 e. The maximum absolute atomic E-state index is 12.1. The molecule has 1 fully saturated rings. The van der Waals surface area contributed by atoms with Gasteiger partial charge in [0.05, 0.1) is 0 Å². The van der Waals surface area contributed by atoms with Crippen molar-refractivity contribution in [1.29, 1.82) is 5.26 Å². The van der Waals surface area contributed by atoms with Gasteiger partial charge in [0.1, 0.15) is 15.2 Å². The lowest BCUT2D eigenvalue weighted by molar-refractivity contribution is 0.401. The first-order valence-corrected chi connectivity index (χ1v) is 7.69. The molecule has 0 amide bonds. The van der Waals surface area contributed by atoms with Gasteiger partial charge in [0.2, 0.25) is 0 Å². The maximum Gasteiger partial charge on any atom is 0.250 e. The molecule has 1 saturated carbocycles. The molecule has 0 saturated heterocycles. The molecule has 4 nitrogen and oxygen atoms in total. The summed E-state index contributed by atoms with van der Waals surface area (Å²) in [6.07, 6.45) is 2.15. The average Bonchev–Trinajstić information content (AvgIpc) is 2.95. The third-order valence-electron chi connectivity index (χ3n) is 2.95. The van der Waals surface area contributed by atoms with Crippen LogP contribution in [-0.2, 0) is 10.0 Å². The summed E-state index contributed by atoms with van der Waals surface area (Å²) in [4.78, 5) is 0.412. The van der Waals surface area contributed by atoms with E-state index >= 15 is 0 Å². The molecule has 0 unspecified atom stereocenters. The lowest BCUT2D eigenvalue weighted by atomic mass is 10.0. The highest BCUT2D eigenvalue weighted by atomic mass is 32.2. The van der Waals surface area contributed by atoms with Gasteiger partial charge in [0, 0.05) is 5.54 Å². The van der Waals surface area contributed by atoms with Crippen molar-refractivity contribution < 1.29 is 8.42 Å². The number of rotatable bonds is 4. The molecule has 1 aromatic rings. The minimum Gasteiger partial charge on any atom is -0.206 e. The highest BCUT2D eigenvalue weighted by molar-refractivity contribution is 7.91. The molecule has 2 rings (SSSR count). The quantitative estimate of drug-likeness (QED) is 0.910. The number of hydrogen-bond acceptors (Lipinski definition) is 4. The van der Waals surface area contributed by atoms with Crippen LogP contribution in [0.1, 0.15) is 31.6 Å². The summed E-state index contributed by atoms with van der Waals surface area (Å²) in [6.45, 7) is 3.81. The second-order valence-electron chi connectivity index (χ2n) is 4.83. The predicted molar refractivity (Wildman–Crippen MR) is 66.2 cm³/mol. The molecule has 1 N–H and O–H groups in total. The molecule has 1 aliphatic rings. The van der Waals surface area contributed by atoms with Gasteiger partial charge in [-0.25, -0.2) is 13.1 Å². The van der Waals surface area contributed by atoms with Crippen molar-refractivity contribution in [3.8, 4) is 6.07 Å². The Morgan fingerprint density at radius 2 is 2.12 bits per heavy atom. The molecule has 0 aliphatic heterocycles. The van der Waals surface area contributed by atoms with Gasteiger partial charge in [-0.05, 0) is 44.7 Å². The van der Waals surface area contributed by atoms with Crippen LogP contribution in [0.4, 0.5) is 0 Å². The predicted octanol–water partition coefficient (Wildman–Crippen LogP) is 2.09. The van der Waals surface area contributed by atoms with Gasteiger partial charge in [-0.1, -0.05) is 0 Å². The second-order valence-corrected chi connectivity index (χ2v) is 7.82. The number of nitrogens with one attached hydrogen (secondary N) is 1. The fourth-order valence-corrected chi connectivity index (χ4v) is 4.38. The molecule has 6 heteroatoms. The van der Waals surface area contributed by atoms with Gasteiger partial charge < -0.3 is 0 Å². The monoisotopic (exact) mass is 270 g/mol. The third-order valence-corrected chi connectivity index (χ3v) is 6.11. The van der Waals surface area contributed by atoms with Crippen molar-refractivity contribution in [3.05, 3.63) is 17.0 Å². The van der Waals surface area contributed by atoms with Crippen molar-refractivity contribution in [2.75, 3.05) is 0 Å². The largest absolute Gasteiger partial charge is 0.250 e. The van der Waals surface area contributed by atoms with Crippen LogP contribution in [0.3, 0.4) is 0 Å². The zero-order valence-electron chi connectivity index (χ0n) is 9.73. The Kier molecular flexibility index (Phi) is 3.02. The molecule has 0 spiro atoms. The summed E-state index contributed by atoms with van der Waals surface area (Å²) < 4.78 is 27.1. The normalized spacial score (nSPS) is 16.8. The summed E-state index contributed by atoms with van der Waals surface area (Å²) in [7, 11) is -3.49. The van der Waals surface area contributed by atoms with E-state index in [1.807, 2.05) is 19.9 Å². The fraction of sp³-hybridized carbons (Fsp3) is 0.545. The van der Waals surface area contributed by atoms with Crippen LogP contribution in [0.15, 0.2) is 16.3 Å². The summed E-state index contributed by atoms with van der Waals surface area (Å²) in [5.41, 5.74) is -0.407. The number of nitrogens with zero attached hydrogens (tertiary/aromatic N) is 1. The van der Waals surface area contributed by atoms with Crippen LogP contribution in [0.5, 0.6) is 0 Å². The molecule has 92 valence electrons. The average molecular weight is 270 g/mol. The first-order chi connectivity index (χ1) is 7.85. The van der Waals surface area contributed by atoms with Crippen molar-refractivity contribution in [2.45, 2.75) is 36.4 Å². The van der Waals surface area contributed by atoms with Gasteiger partial charge in [-0.2, -0.15) is 5.26 Å². The fourth-order valence-electron chi connectivity index (χ4n) is 1.81. The van der Waals surface area contributed by atoms with E-state index in [0.717, 1.165) is 24.2 Å². The van der Waals surface area contributed by atoms with Gasteiger partial charge in [0.25, 0.3) is 10.0 Å². The van der Waals surface area contributed by atoms with Crippen LogP contribution >= 0.6 is 11.3 Å². The van der Waals surface area contributed by atoms with E-state index in [0.29, 0.717) is 10.8 Å². The van der Waals surface area contributed by atoms with E-state index < -0.39 is 15.6 Å². The lowest BCUT2D eigenvalue weighted by Crippen LogP contribution is -2.44. The first-order valence-electron chi connectivity index (χ1n) is 5.39. The maximum atomic E-state index is 12.1. The van der Waals surface area contributed by atoms with E-state index in [-0.39, 0.29) is 4.21 Å². The number of sulfonamides is 1. The Morgan fingerprint density at radius 3 is 2.59 bits per heavy atom. The molecule has 0 atom stereocenters. The van der Waals surface area contributed by atoms with Gasteiger partial charge in [0.15, 0.2) is 0 Å². The summed E-state index contributed by atoms with van der Waals surface area (Å²) >= 11 is 1.00. The molecule has 17 heavy (non-hydrogen) atoms. The Labute approximate surface area is 105 Å². The first kappa shape index (κ1) is 12.6. The van der Waals surface area contributed by atoms with Crippen LogP contribution in [0.2, 0.25) is 0 Å². The zero-order valence-corrected chi connectivity index (χ0v) is 11.4. The Balaban J connectivity index is 2.22. The molecular formula is C11H14N2O2S2. The molecule has 1 aromatic heterocycles. The highest BCUT2D eigenvalue weighted by Gasteiger charge is 2.40. The van der Waals surface area contributed by atoms with Crippen molar-refractivity contribution in [2.24, 2.45) is 5.92 Å². The molecule has 0 bridgehead atoms. The molecule has 0 aromatic carbocycles. The Morgan fingerprint density at radius 1 is 1.47 bits per heavy atom. The SMILES string of the molecule is CC(C)(NS(=O)(=O)c1ccc(C#N)s1)C1CC1. The topological polar surface area (TPSA) is 70.0 Å². The number of thiophene rings is 1. The van der Waals surface area contributed by atoms with E-state index in [4.69, 9.17) is 5.26 Å². The Hall–Kier alpha value is -0.900. The highest BCUT2D eigenvalue weighted by Crippen LogP contribution is 2.40. The van der Waals surface area contributed by atoms with Crippen molar-refractivity contribution in [3.63, 3.8) is 0 Å². The molecule has 0 radical (unpaired) electrons. The van der Waals surface area contributed by atoms with Gasteiger partial charge >= 0.3 is 0 Å². The number of hydrogen-bond donors (Lipinski definition) is 1. The van der Waals surface area contributed by atoms with E-state index in [9.17, 15) is 8.42 Å². The minimum absolute atomic E-state index is 0.211. The summed E-state index contributed by atoms with van der Waals surface area (Å²) in [6, 6.07) is 4.96.